The number of ether oxygens (including phenoxy) is 4. The van der Waals surface area contributed by atoms with Crippen molar-refractivity contribution in [3.05, 3.63) is 66.7 Å². The lowest BCUT2D eigenvalue weighted by Crippen LogP contribution is -2.31. The van der Waals surface area contributed by atoms with Crippen LogP contribution in [0.3, 0.4) is 0 Å². The van der Waals surface area contributed by atoms with Gasteiger partial charge in [0, 0.05) is 37.6 Å². The van der Waals surface area contributed by atoms with E-state index in [1.54, 1.807) is 0 Å². The highest BCUT2D eigenvalue weighted by Gasteiger charge is 2.32. The van der Waals surface area contributed by atoms with Gasteiger partial charge in [-0.05, 0) is 58.7 Å². The fourth-order valence-corrected chi connectivity index (χ4v) is 5.42. The van der Waals surface area contributed by atoms with E-state index in [1.807, 2.05) is 12.1 Å². The number of hydrogen-bond acceptors (Lipinski definition) is 7. The molecule has 3 aromatic carbocycles. The number of benzene rings is 3. The highest BCUT2D eigenvalue weighted by Crippen LogP contribution is 2.31. The second-order valence-corrected chi connectivity index (χ2v) is 11.2. The van der Waals surface area contributed by atoms with Crippen molar-refractivity contribution in [3.63, 3.8) is 0 Å². The van der Waals surface area contributed by atoms with Crippen molar-refractivity contribution in [2.45, 2.75) is 24.4 Å². The minimum Gasteiger partial charge on any atom is -0.371 e. The monoisotopic (exact) mass is 530 g/mol. The molecule has 7 rings (SSSR count). The van der Waals surface area contributed by atoms with Crippen LogP contribution in [-0.2, 0) is 23.5 Å². The second kappa shape index (κ2) is 10.4. The third kappa shape index (κ3) is 5.93. The maximum atomic E-state index is 12.0. The van der Waals surface area contributed by atoms with E-state index in [1.165, 1.54) is 5.69 Å². The van der Waals surface area contributed by atoms with E-state index < -0.39 is 0 Å². The first kappa shape index (κ1) is 24.3. The molecule has 4 unspecified atom stereocenters. The lowest BCUT2D eigenvalue weighted by atomic mass is 9.98. The van der Waals surface area contributed by atoms with E-state index in [9.17, 15) is 4.57 Å². The van der Waals surface area contributed by atoms with Crippen LogP contribution in [0.4, 0.5) is 11.4 Å². The van der Waals surface area contributed by atoms with Gasteiger partial charge in [-0.3, -0.25) is 4.57 Å². The quantitative estimate of drug-likeness (QED) is 0.243. The molecule has 3 aromatic rings. The summed E-state index contributed by atoms with van der Waals surface area (Å²) in [6.45, 7) is 6.92. The number of hydrogen-bond donors (Lipinski definition) is 0. The Morgan fingerprint density at radius 1 is 0.579 bits per heavy atom. The van der Waals surface area contributed by atoms with Crippen LogP contribution < -0.4 is 15.1 Å². The standard InChI is InChI=1S/C30H31N2O5P/c33-38-30-10-5-22(20-1-6-23(7-2-20)31(12-25-16-34-25)13-26-17-35-26)11-29(30)21-3-8-24(9-4-21)32(14-27-18-36-27)15-28-19-37-28/h1-11,25-28H,12-19H2. The Balaban J connectivity index is 1.11. The molecule has 4 heterocycles. The first-order valence-electron chi connectivity index (χ1n) is 13.4. The highest BCUT2D eigenvalue weighted by atomic mass is 31.1. The minimum atomic E-state index is 0.0158. The molecule has 0 aliphatic carbocycles. The third-order valence-electron chi connectivity index (χ3n) is 7.51. The van der Waals surface area contributed by atoms with Gasteiger partial charge in [0.1, 0.15) is 0 Å². The molecule has 8 heteroatoms. The van der Waals surface area contributed by atoms with Gasteiger partial charge in [0.15, 0.2) is 8.46 Å². The number of nitrogens with zero attached hydrogens (tertiary/aromatic N) is 2. The van der Waals surface area contributed by atoms with Crippen LogP contribution in [-0.4, -0.2) is 77.0 Å². The second-order valence-electron chi connectivity index (χ2n) is 10.5. The normalized spacial score (nSPS) is 24.7. The van der Waals surface area contributed by atoms with E-state index in [0.717, 1.165) is 85.9 Å². The zero-order chi connectivity index (χ0) is 25.5. The number of anilines is 2. The first-order chi connectivity index (χ1) is 18.7. The van der Waals surface area contributed by atoms with E-state index in [2.05, 4.69) is 64.4 Å². The molecule has 0 spiro atoms. The predicted octanol–water partition coefficient (Wildman–Crippen LogP) is 4.15. The third-order valence-corrected chi connectivity index (χ3v) is 8.10. The Hall–Kier alpha value is -2.80. The van der Waals surface area contributed by atoms with Crippen molar-refractivity contribution in [1.29, 1.82) is 0 Å². The van der Waals surface area contributed by atoms with Gasteiger partial charge in [0.25, 0.3) is 0 Å². The Bertz CT molecular complexity index is 1260. The van der Waals surface area contributed by atoms with Crippen molar-refractivity contribution >= 4 is 25.1 Å². The Kier molecular flexibility index (Phi) is 6.64. The van der Waals surface area contributed by atoms with E-state index in [-0.39, 0.29) is 8.46 Å². The van der Waals surface area contributed by atoms with Crippen LogP contribution in [0.15, 0.2) is 66.7 Å². The van der Waals surface area contributed by atoms with E-state index in [0.29, 0.717) is 24.4 Å². The highest BCUT2D eigenvalue weighted by molar-refractivity contribution is 7.34. The van der Waals surface area contributed by atoms with Crippen molar-refractivity contribution in [2.75, 3.05) is 62.4 Å². The van der Waals surface area contributed by atoms with Gasteiger partial charge < -0.3 is 28.7 Å². The van der Waals surface area contributed by atoms with E-state index in [4.69, 9.17) is 18.9 Å². The van der Waals surface area contributed by atoms with Crippen molar-refractivity contribution in [3.8, 4) is 22.3 Å². The summed E-state index contributed by atoms with van der Waals surface area (Å²) < 4.78 is 33.9. The molecule has 0 N–H and O–H groups in total. The van der Waals surface area contributed by atoms with Gasteiger partial charge in [0.2, 0.25) is 0 Å². The molecule has 4 aliphatic rings. The Labute approximate surface area is 224 Å². The van der Waals surface area contributed by atoms with Crippen molar-refractivity contribution in [2.24, 2.45) is 0 Å². The maximum Gasteiger partial charge on any atom is 0.192 e. The summed E-state index contributed by atoms with van der Waals surface area (Å²) in [5.74, 6) is 0. The summed E-state index contributed by atoms with van der Waals surface area (Å²) in [7, 11) is 0.0158. The van der Waals surface area contributed by atoms with Crippen LogP contribution in [0.5, 0.6) is 0 Å². The van der Waals surface area contributed by atoms with E-state index >= 15 is 0 Å². The van der Waals surface area contributed by atoms with Gasteiger partial charge in [-0.1, -0.05) is 30.3 Å². The van der Waals surface area contributed by atoms with Crippen molar-refractivity contribution in [1.82, 2.24) is 0 Å². The first-order valence-corrected chi connectivity index (χ1v) is 14.2. The zero-order valence-electron chi connectivity index (χ0n) is 21.2. The fraction of sp³-hybridized carbons (Fsp3) is 0.400. The molecule has 196 valence electrons. The molecule has 0 radical (unpaired) electrons. The molecule has 0 bridgehead atoms. The summed E-state index contributed by atoms with van der Waals surface area (Å²) >= 11 is 0. The molecule has 7 nitrogen and oxygen atoms in total. The Morgan fingerprint density at radius 3 is 1.37 bits per heavy atom. The molecular weight excluding hydrogens is 499 g/mol. The summed E-state index contributed by atoms with van der Waals surface area (Å²) in [6, 6.07) is 23.4. The smallest absolute Gasteiger partial charge is 0.192 e. The lowest BCUT2D eigenvalue weighted by Gasteiger charge is -2.24. The van der Waals surface area contributed by atoms with Gasteiger partial charge in [0.05, 0.1) is 56.1 Å². The fourth-order valence-electron chi connectivity index (χ4n) is 4.99. The molecule has 4 atom stereocenters. The molecular formula is C30H31N2O5P. The van der Waals surface area contributed by atoms with Crippen LogP contribution in [0.1, 0.15) is 0 Å². The maximum absolute atomic E-state index is 12.0. The molecule has 0 saturated carbocycles. The molecule has 4 aliphatic heterocycles. The molecule has 0 aromatic heterocycles. The predicted molar refractivity (Wildman–Crippen MR) is 148 cm³/mol. The van der Waals surface area contributed by atoms with Gasteiger partial charge >= 0.3 is 0 Å². The topological polar surface area (TPSA) is 73.7 Å². The molecule has 4 fully saturated rings. The molecule has 0 amide bonds. The average molecular weight is 531 g/mol. The lowest BCUT2D eigenvalue weighted by molar-refractivity contribution is 0.388. The largest absolute Gasteiger partial charge is 0.371 e. The van der Waals surface area contributed by atoms with Crippen molar-refractivity contribution < 1.29 is 23.5 Å². The Morgan fingerprint density at radius 2 is 0.974 bits per heavy atom. The number of rotatable bonds is 13. The van der Waals surface area contributed by atoms with Gasteiger partial charge in [-0.2, -0.15) is 0 Å². The van der Waals surface area contributed by atoms with Crippen LogP contribution in [0, 0.1) is 0 Å². The zero-order valence-corrected chi connectivity index (χ0v) is 22.1. The number of epoxide rings is 4. The van der Waals surface area contributed by atoms with Gasteiger partial charge in [-0.15, -0.1) is 0 Å². The van der Waals surface area contributed by atoms with Gasteiger partial charge in [-0.25, -0.2) is 0 Å². The summed E-state index contributed by atoms with van der Waals surface area (Å²) in [6.07, 6.45) is 1.30. The SMILES string of the molecule is O=Pc1ccc(-c2ccc(N(CC3CO3)CC3CO3)cc2)cc1-c1ccc(N(CC2CO2)CC2CO2)cc1. The summed E-state index contributed by atoms with van der Waals surface area (Å²) in [5.41, 5.74) is 6.61. The summed E-state index contributed by atoms with van der Waals surface area (Å²) in [5, 5.41) is 0.785. The van der Waals surface area contributed by atoms with Crippen LogP contribution >= 0.6 is 8.46 Å². The van der Waals surface area contributed by atoms with Crippen LogP contribution in [0.2, 0.25) is 0 Å². The summed E-state index contributed by atoms with van der Waals surface area (Å²) in [4.78, 5) is 4.71. The minimum absolute atomic E-state index is 0.0158. The molecule has 38 heavy (non-hydrogen) atoms. The average Bonchev–Trinajstić information content (AvgIpc) is 3.77. The van der Waals surface area contributed by atoms with Crippen LogP contribution in [0.25, 0.3) is 22.3 Å². The molecule has 4 saturated heterocycles.